The lowest BCUT2D eigenvalue weighted by atomic mass is 9.33. The van der Waals surface area contributed by atoms with Crippen molar-refractivity contribution < 1.29 is 44.2 Å². The number of aliphatic hydroxyl groups excluding tert-OH is 4. The van der Waals surface area contributed by atoms with E-state index in [1.807, 2.05) is 0 Å². The van der Waals surface area contributed by atoms with Crippen LogP contribution in [0.15, 0.2) is 11.6 Å². The molecule has 0 bridgehead atoms. The largest absolute Gasteiger partial charge is 0.469 e. The summed E-state index contributed by atoms with van der Waals surface area (Å²) in [6.45, 7) is 17.1. The molecule has 1 saturated heterocycles. The van der Waals surface area contributed by atoms with Crippen LogP contribution in [0.2, 0.25) is 0 Å². The van der Waals surface area contributed by atoms with E-state index >= 15 is 0 Å². The first-order chi connectivity index (χ1) is 24.8. The smallest absolute Gasteiger partial charge is 0.305 e. The normalized spacial score (nSPS) is 45.7. The van der Waals surface area contributed by atoms with Gasteiger partial charge in [-0.3, -0.25) is 9.59 Å². The summed E-state index contributed by atoms with van der Waals surface area (Å²) in [6.07, 6.45) is 8.83. The number of unbranched alkanes of at least 4 members (excludes halogenated alkanes) is 2. The van der Waals surface area contributed by atoms with Gasteiger partial charge in [0, 0.05) is 13.0 Å². The molecule has 302 valence electrons. The van der Waals surface area contributed by atoms with Crippen LogP contribution in [0, 0.1) is 50.2 Å². The molecule has 0 spiro atoms. The lowest BCUT2D eigenvalue weighted by Gasteiger charge is -2.71. The van der Waals surface area contributed by atoms with Gasteiger partial charge in [-0.15, -0.1) is 0 Å². The van der Waals surface area contributed by atoms with E-state index in [9.17, 15) is 30.0 Å². The molecule has 4 saturated carbocycles. The molecule has 10 nitrogen and oxygen atoms in total. The summed E-state index contributed by atoms with van der Waals surface area (Å²) in [7, 11) is 1.42. The highest BCUT2D eigenvalue weighted by molar-refractivity contribution is 5.84. The molecule has 1 aliphatic heterocycles. The summed E-state index contributed by atoms with van der Waals surface area (Å²) in [4.78, 5) is 25.9. The predicted molar refractivity (Wildman–Crippen MR) is 201 cm³/mol. The highest BCUT2D eigenvalue weighted by atomic mass is 16.7. The van der Waals surface area contributed by atoms with E-state index in [1.165, 1.54) is 7.11 Å². The fourth-order valence-corrected chi connectivity index (χ4v) is 13.3. The molecule has 1 heterocycles. The van der Waals surface area contributed by atoms with Gasteiger partial charge in [0.15, 0.2) is 6.29 Å². The van der Waals surface area contributed by atoms with Crippen molar-refractivity contribution in [3.8, 4) is 0 Å². The molecule has 6 rings (SSSR count). The minimum absolute atomic E-state index is 0.00648. The molecule has 0 unspecified atom stereocenters. The number of carbonyl (C=O) groups is 2. The van der Waals surface area contributed by atoms with Gasteiger partial charge in [-0.2, -0.15) is 0 Å². The Morgan fingerprint density at radius 2 is 1.58 bits per heavy atom. The summed E-state index contributed by atoms with van der Waals surface area (Å²) in [6, 6.07) is 0. The van der Waals surface area contributed by atoms with E-state index < -0.39 is 37.3 Å². The molecule has 13 atom stereocenters. The lowest BCUT2D eigenvalue weighted by Crippen LogP contribution is -2.66. The maximum Gasteiger partial charge on any atom is 0.305 e. The van der Waals surface area contributed by atoms with Crippen molar-refractivity contribution in [3.63, 3.8) is 0 Å². The molecule has 10 heteroatoms. The highest BCUT2D eigenvalue weighted by Crippen LogP contribution is 2.76. The van der Waals surface area contributed by atoms with Gasteiger partial charge in [0.25, 0.3) is 0 Å². The summed E-state index contributed by atoms with van der Waals surface area (Å²) in [5, 5.41) is 44.7. The molecular weight excluding hydrogens is 674 g/mol. The first kappa shape index (κ1) is 41.1. The van der Waals surface area contributed by atoms with Gasteiger partial charge in [-0.05, 0) is 122 Å². The second kappa shape index (κ2) is 14.7. The van der Waals surface area contributed by atoms with Crippen molar-refractivity contribution in [2.75, 3.05) is 20.3 Å². The summed E-state index contributed by atoms with van der Waals surface area (Å²) >= 11 is 0. The molecule has 5 N–H and O–H groups in total. The van der Waals surface area contributed by atoms with Crippen LogP contribution in [-0.2, 0) is 23.8 Å². The van der Waals surface area contributed by atoms with Crippen LogP contribution in [0.5, 0.6) is 0 Å². The summed E-state index contributed by atoms with van der Waals surface area (Å²) < 4.78 is 17.1. The van der Waals surface area contributed by atoms with E-state index in [-0.39, 0.29) is 56.4 Å². The maximum atomic E-state index is 14.4. The van der Waals surface area contributed by atoms with Crippen molar-refractivity contribution in [1.82, 2.24) is 5.32 Å². The van der Waals surface area contributed by atoms with Crippen molar-refractivity contribution in [2.45, 2.75) is 175 Å². The molecule has 6 aliphatic rings. The monoisotopic (exact) mass is 746 g/mol. The SMILES string of the molecule is COC(=O)CCCCCNC(=O)[C@]12CCC(C)(C)C[C@H]1C1=CC[C@@H]3[C@@]4(C)CC[C@H](O[C@H]5O[C@H](CO)[C@@H](O)[C@H](O)[C@@H]5O)C(C)(C)[C@@H]4CC[C@@]3(C)[C@]1(C)CC2. The first-order valence-corrected chi connectivity index (χ1v) is 20.8. The third-order valence-electron chi connectivity index (χ3n) is 16.7. The standard InChI is InChI=1S/C43H71NO9/c1-38(2)19-21-43(37(50)44-23-11-9-10-12-32(46)51-8)22-20-41(6)26(27(43)24-38)13-14-30-40(5)17-16-31(39(3,4)29(40)15-18-42(30,41)7)53-36-35(49)34(48)33(47)28(25-45)52-36/h13,27-31,33-36,45,47-49H,9-12,14-25H2,1-8H3,(H,44,50)/t27-,28+,29-,30+,31-,33+,34-,35-,36+,40-,41+,42+,43-/m0/s1. The van der Waals surface area contributed by atoms with E-state index in [4.69, 9.17) is 14.2 Å². The fraction of sp³-hybridized carbons (Fsp3) is 0.907. The number of hydrogen-bond donors (Lipinski definition) is 5. The number of nitrogens with one attached hydrogen (secondary N) is 1. The number of rotatable bonds is 10. The number of allylic oxidation sites excluding steroid dienone is 2. The molecule has 0 radical (unpaired) electrons. The molecular formula is C43H71NO9. The van der Waals surface area contributed by atoms with E-state index in [0.29, 0.717) is 24.8 Å². The number of amides is 1. The summed E-state index contributed by atoms with van der Waals surface area (Å²) in [5.41, 5.74) is 1.23. The lowest BCUT2D eigenvalue weighted by molar-refractivity contribution is -0.330. The van der Waals surface area contributed by atoms with Gasteiger partial charge in [0.2, 0.25) is 5.91 Å². The van der Waals surface area contributed by atoms with Gasteiger partial charge in [0.1, 0.15) is 24.4 Å². The van der Waals surface area contributed by atoms with Crippen molar-refractivity contribution >= 4 is 11.9 Å². The molecule has 5 fully saturated rings. The Morgan fingerprint density at radius 1 is 0.868 bits per heavy atom. The van der Waals surface area contributed by atoms with Crippen LogP contribution in [0.3, 0.4) is 0 Å². The Bertz CT molecular complexity index is 1400. The van der Waals surface area contributed by atoms with Crippen LogP contribution in [0.1, 0.15) is 138 Å². The molecule has 1 amide bonds. The topological polar surface area (TPSA) is 155 Å². The number of aliphatic hydroxyl groups is 4. The van der Waals surface area contributed by atoms with Crippen LogP contribution in [0.4, 0.5) is 0 Å². The number of carbonyl (C=O) groups excluding carboxylic acids is 2. The number of methoxy groups -OCH3 is 1. The third-order valence-corrected chi connectivity index (χ3v) is 16.7. The Labute approximate surface area is 318 Å². The van der Waals surface area contributed by atoms with E-state index in [0.717, 1.165) is 83.5 Å². The number of ether oxygens (including phenoxy) is 3. The van der Waals surface area contributed by atoms with Crippen molar-refractivity contribution in [3.05, 3.63) is 11.6 Å². The molecule has 0 aromatic carbocycles. The second-order valence-electron chi connectivity index (χ2n) is 20.2. The molecule has 53 heavy (non-hydrogen) atoms. The Kier molecular flexibility index (Phi) is 11.4. The molecule has 0 aromatic heterocycles. The minimum Gasteiger partial charge on any atom is -0.469 e. The zero-order valence-electron chi connectivity index (χ0n) is 33.9. The maximum absolute atomic E-state index is 14.4. The molecule has 5 aliphatic carbocycles. The Hall–Kier alpha value is -1.56. The Morgan fingerprint density at radius 3 is 2.28 bits per heavy atom. The predicted octanol–water partition coefficient (Wildman–Crippen LogP) is 5.82. The zero-order chi connectivity index (χ0) is 38.8. The first-order valence-electron chi connectivity index (χ1n) is 20.8. The minimum atomic E-state index is -1.46. The number of esters is 1. The van der Waals surface area contributed by atoms with Gasteiger partial charge in [-0.1, -0.05) is 66.5 Å². The van der Waals surface area contributed by atoms with Gasteiger partial charge in [-0.25, -0.2) is 0 Å². The Balaban J connectivity index is 1.21. The van der Waals surface area contributed by atoms with E-state index in [2.05, 4.69) is 59.9 Å². The van der Waals surface area contributed by atoms with Gasteiger partial charge in [0.05, 0.1) is 25.2 Å². The van der Waals surface area contributed by atoms with Crippen LogP contribution in [0.25, 0.3) is 0 Å². The van der Waals surface area contributed by atoms with Crippen LogP contribution in [-0.4, -0.2) is 89.4 Å². The van der Waals surface area contributed by atoms with E-state index in [1.54, 1.807) is 5.57 Å². The quantitative estimate of drug-likeness (QED) is 0.0806. The average Bonchev–Trinajstić information content (AvgIpc) is 3.10. The van der Waals surface area contributed by atoms with Crippen LogP contribution >= 0.6 is 0 Å². The van der Waals surface area contributed by atoms with Crippen molar-refractivity contribution in [1.29, 1.82) is 0 Å². The fourth-order valence-electron chi connectivity index (χ4n) is 13.3. The molecule has 0 aromatic rings. The highest BCUT2D eigenvalue weighted by Gasteiger charge is 2.69. The third kappa shape index (κ3) is 6.75. The zero-order valence-corrected chi connectivity index (χ0v) is 33.9. The average molecular weight is 746 g/mol. The van der Waals surface area contributed by atoms with Crippen LogP contribution < -0.4 is 5.32 Å². The van der Waals surface area contributed by atoms with Gasteiger partial charge < -0.3 is 40.0 Å². The van der Waals surface area contributed by atoms with Gasteiger partial charge >= 0.3 is 5.97 Å². The van der Waals surface area contributed by atoms with Crippen molar-refractivity contribution in [2.24, 2.45) is 50.2 Å². The number of hydrogen-bond acceptors (Lipinski definition) is 9. The summed E-state index contributed by atoms with van der Waals surface area (Å²) in [5.74, 6) is 1.12. The number of fused-ring (bicyclic) bond motifs is 7. The second-order valence-corrected chi connectivity index (χ2v) is 20.2.